The first-order valence-corrected chi connectivity index (χ1v) is 3.51. The van der Waals surface area contributed by atoms with Crippen LogP contribution in [0, 0.1) is 0 Å². The van der Waals surface area contributed by atoms with Crippen LogP contribution in [-0.4, -0.2) is 25.3 Å². The Hall–Kier alpha value is -0.710. The molecular formula is C7H13F3N2. The van der Waals surface area contributed by atoms with E-state index in [0.717, 1.165) is 6.08 Å². The molecule has 0 fully saturated rings. The molecule has 5 heteroatoms. The Labute approximate surface area is 70.0 Å². The molecule has 0 atom stereocenters. The maximum atomic E-state index is 11.7. The topological polar surface area (TPSA) is 15.3 Å². The first-order valence-electron chi connectivity index (χ1n) is 3.51. The second-order valence-electron chi connectivity index (χ2n) is 2.45. The number of allylic oxidation sites excluding steroid dienone is 2. The minimum absolute atomic E-state index is 0.551. The van der Waals surface area contributed by atoms with Crippen molar-refractivity contribution in [1.29, 1.82) is 0 Å². The summed E-state index contributed by atoms with van der Waals surface area (Å²) in [6, 6.07) is 0. The number of nitrogens with one attached hydrogen (secondary N) is 1. The highest BCUT2D eigenvalue weighted by Gasteiger charge is 2.25. The number of halogens is 3. The van der Waals surface area contributed by atoms with Crippen LogP contribution in [0.2, 0.25) is 0 Å². The second-order valence-corrected chi connectivity index (χ2v) is 2.45. The minimum Gasteiger partial charge on any atom is -0.316 e. The summed E-state index contributed by atoms with van der Waals surface area (Å²) >= 11 is 0. The van der Waals surface area contributed by atoms with Crippen molar-refractivity contribution in [3.63, 3.8) is 0 Å². The smallest absolute Gasteiger partial charge is 0.316 e. The predicted molar refractivity (Wildman–Crippen MR) is 41.3 cm³/mol. The highest BCUT2D eigenvalue weighted by atomic mass is 19.4. The van der Waals surface area contributed by atoms with Crippen molar-refractivity contribution in [3.05, 3.63) is 11.8 Å². The molecular weight excluding hydrogens is 169 g/mol. The molecule has 0 amide bonds. The monoisotopic (exact) mass is 182 g/mol. The summed E-state index contributed by atoms with van der Waals surface area (Å²) in [6.07, 6.45) is -3.86. The van der Waals surface area contributed by atoms with E-state index in [1.807, 2.05) is 0 Å². The molecule has 0 aromatic heterocycles. The van der Waals surface area contributed by atoms with Crippen molar-refractivity contribution in [1.82, 2.24) is 10.4 Å². The Morgan fingerprint density at radius 2 is 2.00 bits per heavy atom. The minimum atomic E-state index is -4.12. The Bertz CT molecular complexity index is 163. The van der Waals surface area contributed by atoms with E-state index in [9.17, 15) is 13.2 Å². The van der Waals surface area contributed by atoms with Gasteiger partial charge in [-0.2, -0.15) is 13.2 Å². The van der Waals surface area contributed by atoms with Gasteiger partial charge in [0, 0.05) is 19.8 Å². The molecule has 0 rings (SSSR count). The molecule has 72 valence electrons. The predicted octanol–water partition coefficient (Wildman–Crippen LogP) is 1.91. The maximum Gasteiger partial charge on any atom is 0.392 e. The number of alkyl halides is 3. The molecule has 0 aromatic carbocycles. The molecule has 0 heterocycles. The number of nitrogens with zero attached hydrogens (tertiary/aromatic N) is 1. The molecule has 0 saturated heterocycles. The summed E-state index contributed by atoms with van der Waals surface area (Å²) in [5, 5.41) is 1.52. The number of hydrazine groups is 1. The highest BCUT2D eigenvalue weighted by molar-refractivity contribution is 4.95. The van der Waals surface area contributed by atoms with Crippen molar-refractivity contribution < 1.29 is 13.2 Å². The zero-order chi connectivity index (χ0) is 9.78. The molecule has 0 radical (unpaired) electrons. The maximum absolute atomic E-state index is 11.7. The van der Waals surface area contributed by atoms with E-state index in [1.54, 1.807) is 21.0 Å². The Morgan fingerprint density at radius 3 is 2.33 bits per heavy atom. The van der Waals surface area contributed by atoms with E-state index in [0.29, 0.717) is 5.70 Å². The van der Waals surface area contributed by atoms with Crippen LogP contribution in [0.3, 0.4) is 0 Å². The van der Waals surface area contributed by atoms with Gasteiger partial charge in [-0.05, 0) is 6.92 Å². The number of rotatable bonds is 3. The number of hydrogen-bond acceptors (Lipinski definition) is 2. The average molecular weight is 182 g/mol. The van der Waals surface area contributed by atoms with Gasteiger partial charge in [0.25, 0.3) is 0 Å². The van der Waals surface area contributed by atoms with E-state index in [-0.39, 0.29) is 0 Å². The molecule has 1 N–H and O–H groups in total. The van der Waals surface area contributed by atoms with Gasteiger partial charge < -0.3 is 5.01 Å². The molecule has 0 aromatic rings. The molecule has 0 bridgehead atoms. The summed E-state index contributed by atoms with van der Waals surface area (Å²) in [4.78, 5) is 0. The van der Waals surface area contributed by atoms with E-state index in [4.69, 9.17) is 0 Å². The fourth-order valence-corrected chi connectivity index (χ4v) is 0.577. The Kier molecular flexibility index (Phi) is 4.09. The molecule has 12 heavy (non-hydrogen) atoms. The van der Waals surface area contributed by atoms with Crippen LogP contribution in [0.4, 0.5) is 13.2 Å². The third kappa shape index (κ3) is 5.01. The average Bonchev–Trinajstić information content (AvgIpc) is 1.97. The third-order valence-corrected chi connectivity index (χ3v) is 1.49. The molecule has 0 unspecified atom stereocenters. The second kappa shape index (κ2) is 4.35. The third-order valence-electron chi connectivity index (χ3n) is 1.49. The fourth-order valence-electron chi connectivity index (χ4n) is 0.577. The van der Waals surface area contributed by atoms with Gasteiger partial charge in [-0.3, -0.25) is 0 Å². The van der Waals surface area contributed by atoms with E-state index < -0.39 is 12.6 Å². The molecule has 0 aliphatic heterocycles. The van der Waals surface area contributed by atoms with Crippen LogP contribution in [0.15, 0.2) is 11.8 Å². The first kappa shape index (κ1) is 11.3. The van der Waals surface area contributed by atoms with Gasteiger partial charge in [0.1, 0.15) is 0 Å². The summed E-state index contributed by atoms with van der Waals surface area (Å²) < 4.78 is 35.1. The molecule has 2 nitrogen and oxygen atoms in total. The van der Waals surface area contributed by atoms with Gasteiger partial charge in [0.15, 0.2) is 0 Å². The van der Waals surface area contributed by atoms with Gasteiger partial charge in [0.2, 0.25) is 0 Å². The molecule has 0 aliphatic carbocycles. The van der Waals surface area contributed by atoms with E-state index in [1.165, 1.54) is 5.01 Å². The molecule has 0 spiro atoms. The van der Waals surface area contributed by atoms with E-state index >= 15 is 0 Å². The van der Waals surface area contributed by atoms with Gasteiger partial charge in [-0.25, -0.2) is 5.43 Å². The summed E-state index contributed by atoms with van der Waals surface area (Å²) in [7, 11) is 3.30. The Balaban J connectivity index is 4.01. The lowest BCUT2D eigenvalue weighted by atomic mass is 10.3. The summed E-state index contributed by atoms with van der Waals surface area (Å²) in [5.41, 5.74) is 3.25. The summed E-state index contributed by atoms with van der Waals surface area (Å²) in [6.45, 7) is 1.61. The van der Waals surface area contributed by atoms with Crippen LogP contribution >= 0.6 is 0 Å². The largest absolute Gasteiger partial charge is 0.392 e. The van der Waals surface area contributed by atoms with Gasteiger partial charge in [-0.15, -0.1) is 0 Å². The fraction of sp³-hybridized carbons (Fsp3) is 0.714. The van der Waals surface area contributed by atoms with Crippen molar-refractivity contribution >= 4 is 0 Å². The standard InChI is InChI=1S/C7H13F3N2/c1-6(12(3)11-2)4-5-7(8,9)10/h4,11H,5H2,1-3H3/b6-4-. The van der Waals surface area contributed by atoms with E-state index in [2.05, 4.69) is 5.43 Å². The Morgan fingerprint density at radius 1 is 1.50 bits per heavy atom. The zero-order valence-corrected chi connectivity index (χ0v) is 7.37. The van der Waals surface area contributed by atoms with Crippen molar-refractivity contribution in [2.24, 2.45) is 0 Å². The van der Waals surface area contributed by atoms with Gasteiger partial charge in [-0.1, -0.05) is 6.08 Å². The lowest BCUT2D eigenvalue weighted by molar-refractivity contribution is -0.125. The van der Waals surface area contributed by atoms with Crippen LogP contribution in [0.5, 0.6) is 0 Å². The molecule has 0 aliphatic rings. The van der Waals surface area contributed by atoms with Gasteiger partial charge in [0.05, 0.1) is 6.42 Å². The first-order chi connectivity index (χ1) is 5.37. The SMILES string of the molecule is CNN(C)/C(C)=C\CC(F)(F)F. The van der Waals surface area contributed by atoms with Crippen LogP contribution in [-0.2, 0) is 0 Å². The van der Waals surface area contributed by atoms with Gasteiger partial charge >= 0.3 is 6.18 Å². The highest BCUT2D eigenvalue weighted by Crippen LogP contribution is 2.20. The zero-order valence-electron chi connectivity index (χ0n) is 7.37. The number of hydrogen-bond donors (Lipinski definition) is 1. The summed E-state index contributed by atoms with van der Waals surface area (Å²) in [5.74, 6) is 0. The van der Waals surface area contributed by atoms with Crippen molar-refractivity contribution in [2.75, 3.05) is 14.1 Å². The van der Waals surface area contributed by atoms with Crippen LogP contribution < -0.4 is 5.43 Å². The normalized spacial score (nSPS) is 13.3. The lowest BCUT2D eigenvalue weighted by Gasteiger charge is -2.18. The molecule has 0 saturated carbocycles. The van der Waals surface area contributed by atoms with Crippen molar-refractivity contribution in [3.8, 4) is 0 Å². The van der Waals surface area contributed by atoms with Crippen LogP contribution in [0.25, 0.3) is 0 Å². The van der Waals surface area contributed by atoms with Crippen LogP contribution in [0.1, 0.15) is 13.3 Å². The quantitative estimate of drug-likeness (QED) is 0.671. The lowest BCUT2D eigenvalue weighted by Crippen LogP contribution is -2.28. The van der Waals surface area contributed by atoms with Crippen molar-refractivity contribution in [2.45, 2.75) is 19.5 Å².